The van der Waals surface area contributed by atoms with Gasteiger partial charge in [-0.25, -0.2) is 4.98 Å². The van der Waals surface area contributed by atoms with Crippen LogP contribution in [0.4, 0.5) is 5.82 Å². The van der Waals surface area contributed by atoms with Crippen molar-refractivity contribution >= 4 is 17.4 Å². The Morgan fingerprint density at radius 3 is 2.76 bits per heavy atom. The molecule has 3 nitrogen and oxygen atoms in total. The second-order valence-electron chi connectivity index (χ2n) is 4.10. The van der Waals surface area contributed by atoms with Crippen LogP contribution in [0, 0.1) is 0 Å². The Hall–Kier alpha value is -1.06. The maximum absolute atomic E-state index is 6.09. The topological polar surface area (TPSA) is 28.2 Å². The van der Waals surface area contributed by atoms with Crippen LogP contribution in [-0.2, 0) is 6.54 Å². The molecule has 0 atom stereocenters. The van der Waals surface area contributed by atoms with Crippen LogP contribution in [0.3, 0.4) is 0 Å². The molecule has 17 heavy (non-hydrogen) atoms. The van der Waals surface area contributed by atoms with Crippen molar-refractivity contribution in [1.29, 1.82) is 0 Å². The molecule has 0 unspecified atom stereocenters. The van der Waals surface area contributed by atoms with Gasteiger partial charge in [-0.15, -0.1) is 0 Å². The number of nitrogens with one attached hydrogen (secondary N) is 1. The van der Waals surface area contributed by atoms with Crippen LogP contribution >= 0.6 is 11.6 Å². The Labute approximate surface area is 108 Å². The molecule has 0 fully saturated rings. The lowest BCUT2D eigenvalue weighted by Crippen LogP contribution is -2.26. The molecule has 94 valence electrons. The summed E-state index contributed by atoms with van der Waals surface area (Å²) in [4.78, 5) is 6.76. The van der Waals surface area contributed by atoms with Crippen molar-refractivity contribution in [1.82, 2.24) is 10.3 Å². The molecule has 0 aliphatic carbocycles. The smallest absolute Gasteiger partial charge is 0.129 e. The predicted octanol–water partition coefficient (Wildman–Crippen LogP) is 2.86. The van der Waals surface area contributed by atoms with Crippen LogP contribution in [0.25, 0.3) is 0 Å². The molecule has 0 amide bonds. The molecule has 0 aromatic carbocycles. The molecule has 1 N–H and O–H groups in total. The number of pyridine rings is 1. The molecule has 0 aliphatic rings. The third kappa shape index (κ3) is 4.02. The normalized spacial score (nSPS) is 10.4. The van der Waals surface area contributed by atoms with Gasteiger partial charge in [-0.3, -0.25) is 0 Å². The highest BCUT2D eigenvalue weighted by Gasteiger charge is 2.09. The van der Waals surface area contributed by atoms with Gasteiger partial charge in [0, 0.05) is 19.6 Å². The highest BCUT2D eigenvalue weighted by molar-refractivity contribution is 6.31. The zero-order valence-electron chi connectivity index (χ0n) is 10.8. The van der Waals surface area contributed by atoms with Crippen LogP contribution in [0.15, 0.2) is 24.3 Å². The molecular formula is C13H20ClN3. The fourth-order valence-electron chi connectivity index (χ4n) is 1.62. The van der Waals surface area contributed by atoms with Gasteiger partial charge in [-0.05, 0) is 33.0 Å². The number of likely N-dealkylation sites (N-methyl/N-ethyl adjacent to an activating group) is 1. The summed E-state index contributed by atoms with van der Waals surface area (Å²) in [6.07, 6.45) is 0. The SMILES string of the molecule is C=C(C)CN(CC)c1ccc(Cl)c(CNC)n1. The van der Waals surface area contributed by atoms with Crippen LogP contribution < -0.4 is 10.2 Å². The van der Waals surface area contributed by atoms with Crippen molar-refractivity contribution in [2.45, 2.75) is 20.4 Å². The fourth-order valence-corrected chi connectivity index (χ4v) is 1.79. The number of anilines is 1. The van der Waals surface area contributed by atoms with E-state index in [1.165, 1.54) is 0 Å². The van der Waals surface area contributed by atoms with Gasteiger partial charge in [-0.1, -0.05) is 23.8 Å². The maximum Gasteiger partial charge on any atom is 0.129 e. The lowest BCUT2D eigenvalue weighted by atomic mass is 10.3. The third-order valence-electron chi connectivity index (χ3n) is 2.41. The van der Waals surface area contributed by atoms with E-state index in [-0.39, 0.29) is 0 Å². The van der Waals surface area contributed by atoms with Gasteiger partial charge in [0.1, 0.15) is 5.82 Å². The zero-order valence-corrected chi connectivity index (χ0v) is 11.5. The third-order valence-corrected chi connectivity index (χ3v) is 2.76. The zero-order chi connectivity index (χ0) is 12.8. The van der Waals surface area contributed by atoms with E-state index in [9.17, 15) is 0 Å². The van der Waals surface area contributed by atoms with Crippen molar-refractivity contribution in [3.63, 3.8) is 0 Å². The van der Waals surface area contributed by atoms with Crippen molar-refractivity contribution < 1.29 is 0 Å². The number of aromatic nitrogens is 1. The van der Waals surface area contributed by atoms with Gasteiger partial charge >= 0.3 is 0 Å². The summed E-state index contributed by atoms with van der Waals surface area (Å²) in [7, 11) is 1.89. The number of hydrogen-bond acceptors (Lipinski definition) is 3. The van der Waals surface area contributed by atoms with E-state index in [0.717, 1.165) is 30.2 Å². The minimum atomic E-state index is 0.678. The van der Waals surface area contributed by atoms with Gasteiger partial charge in [0.15, 0.2) is 0 Å². The molecule has 1 aromatic rings. The Morgan fingerprint density at radius 2 is 2.24 bits per heavy atom. The van der Waals surface area contributed by atoms with Crippen LogP contribution in [0.2, 0.25) is 5.02 Å². The number of hydrogen-bond donors (Lipinski definition) is 1. The van der Waals surface area contributed by atoms with Gasteiger partial charge in [0.25, 0.3) is 0 Å². The average Bonchev–Trinajstić information content (AvgIpc) is 2.29. The summed E-state index contributed by atoms with van der Waals surface area (Å²) < 4.78 is 0. The molecular weight excluding hydrogens is 234 g/mol. The van der Waals surface area contributed by atoms with Crippen LogP contribution in [0.1, 0.15) is 19.5 Å². The summed E-state index contributed by atoms with van der Waals surface area (Å²) in [6.45, 7) is 10.5. The Bertz CT molecular complexity index is 390. The number of nitrogens with zero attached hydrogens (tertiary/aromatic N) is 2. The van der Waals surface area contributed by atoms with E-state index >= 15 is 0 Å². The molecule has 1 heterocycles. The van der Waals surface area contributed by atoms with E-state index < -0.39 is 0 Å². The first-order chi connectivity index (χ1) is 8.08. The van der Waals surface area contributed by atoms with Crippen molar-refractivity contribution in [3.05, 3.63) is 35.0 Å². The fraction of sp³-hybridized carbons (Fsp3) is 0.462. The average molecular weight is 254 g/mol. The molecule has 0 saturated heterocycles. The number of halogens is 1. The summed E-state index contributed by atoms with van der Waals surface area (Å²) >= 11 is 6.09. The first-order valence-corrected chi connectivity index (χ1v) is 6.15. The van der Waals surface area contributed by atoms with Gasteiger partial charge in [-0.2, -0.15) is 0 Å². The lowest BCUT2D eigenvalue weighted by molar-refractivity contribution is 0.779. The molecule has 1 aromatic heterocycles. The van der Waals surface area contributed by atoms with Crippen molar-refractivity contribution in [2.24, 2.45) is 0 Å². The summed E-state index contributed by atoms with van der Waals surface area (Å²) in [5.74, 6) is 0.949. The Kier molecular flexibility index (Phi) is 5.45. The van der Waals surface area contributed by atoms with Gasteiger partial charge in [0.05, 0.1) is 10.7 Å². The van der Waals surface area contributed by atoms with E-state index in [1.807, 2.05) is 26.1 Å². The molecule has 0 spiro atoms. The minimum absolute atomic E-state index is 0.678. The highest BCUT2D eigenvalue weighted by atomic mass is 35.5. The molecule has 1 rings (SSSR count). The summed E-state index contributed by atoms with van der Waals surface area (Å²) in [6, 6.07) is 3.85. The number of rotatable bonds is 6. The van der Waals surface area contributed by atoms with Crippen molar-refractivity contribution in [2.75, 3.05) is 25.0 Å². The molecule has 4 heteroatoms. The molecule has 0 aliphatic heterocycles. The summed E-state index contributed by atoms with van der Waals surface area (Å²) in [5, 5.41) is 3.77. The first-order valence-electron chi connectivity index (χ1n) is 5.77. The van der Waals surface area contributed by atoms with Gasteiger partial charge < -0.3 is 10.2 Å². The second kappa shape index (κ2) is 6.62. The second-order valence-corrected chi connectivity index (χ2v) is 4.51. The lowest BCUT2D eigenvalue weighted by Gasteiger charge is -2.22. The van der Waals surface area contributed by atoms with Crippen molar-refractivity contribution in [3.8, 4) is 0 Å². The van der Waals surface area contributed by atoms with Gasteiger partial charge in [0.2, 0.25) is 0 Å². The molecule has 0 saturated carbocycles. The van der Waals surface area contributed by atoms with Crippen LogP contribution in [-0.4, -0.2) is 25.1 Å². The van der Waals surface area contributed by atoms with E-state index in [4.69, 9.17) is 11.6 Å². The van der Waals surface area contributed by atoms with E-state index in [2.05, 4.69) is 28.7 Å². The summed E-state index contributed by atoms with van der Waals surface area (Å²) in [5.41, 5.74) is 2.01. The van der Waals surface area contributed by atoms with E-state index in [1.54, 1.807) is 0 Å². The maximum atomic E-state index is 6.09. The molecule has 0 radical (unpaired) electrons. The largest absolute Gasteiger partial charge is 0.353 e. The standard InChI is InChI=1S/C13H20ClN3/c1-5-17(9-10(2)3)13-7-6-11(14)12(16-13)8-15-4/h6-7,15H,2,5,8-9H2,1,3-4H3. The predicted molar refractivity (Wildman–Crippen MR) is 74.7 cm³/mol. The monoisotopic (exact) mass is 253 g/mol. The Balaban J connectivity index is 2.95. The van der Waals surface area contributed by atoms with E-state index in [0.29, 0.717) is 11.6 Å². The minimum Gasteiger partial charge on any atom is -0.353 e. The van der Waals surface area contributed by atoms with Crippen LogP contribution in [0.5, 0.6) is 0 Å². The molecule has 0 bridgehead atoms. The quantitative estimate of drug-likeness (QED) is 0.791. The highest BCUT2D eigenvalue weighted by Crippen LogP contribution is 2.19. The Morgan fingerprint density at radius 1 is 1.53 bits per heavy atom. The first kappa shape index (κ1) is 14.0.